The number of likely N-dealkylation sites (tertiary alicyclic amines) is 1. The first-order chi connectivity index (χ1) is 12.2. The van der Waals surface area contributed by atoms with E-state index in [0.29, 0.717) is 5.92 Å². The Labute approximate surface area is 145 Å². The molecule has 1 saturated heterocycles. The van der Waals surface area contributed by atoms with Gasteiger partial charge in [-0.25, -0.2) is 0 Å². The summed E-state index contributed by atoms with van der Waals surface area (Å²) >= 11 is 0. The second kappa shape index (κ2) is 6.60. The largest absolute Gasteiger partial charge is 0.298 e. The lowest BCUT2D eigenvalue weighted by Crippen LogP contribution is -2.34. The van der Waals surface area contributed by atoms with Crippen LogP contribution in [0, 0.1) is 10.1 Å². The molecule has 0 spiro atoms. The maximum absolute atomic E-state index is 11.0. The average molecular weight is 337 g/mol. The quantitative estimate of drug-likeness (QED) is 0.540. The molecule has 7 heteroatoms. The van der Waals surface area contributed by atoms with Crippen molar-refractivity contribution in [3.05, 3.63) is 70.2 Å². The molecule has 25 heavy (non-hydrogen) atoms. The van der Waals surface area contributed by atoms with Crippen LogP contribution in [0.15, 0.2) is 48.7 Å². The topological polar surface area (TPSA) is 76.6 Å². The first-order valence-corrected chi connectivity index (χ1v) is 8.46. The van der Waals surface area contributed by atoms with Gasteiger partial charge in [0.25, 0.3) is 5.69 Å². The van der Waals surface area contributed by atoms with Crippen molar-refractivity contribution >= 4 is 11.3 Å². The van der Waals surface area contributed by atoms with E-state index >= 15 is 0 Å². The number of pyridine rings is 1. The van der Waals surface area contributed by atoms with Crippen molar-refractivity contribution in [2.24, 2.45) is 0 Å². The van der Waals surface area contributed by atoms with Crippen LogP contribution in [0.5, 0.6) is 0 Å². The third kappa shape index (κ3) is 3.23. The maximum atomic E-state index is 11.0. The van der Waals surface area contributed by atoms with Crippen LogP contribution in [0.3, 0.4) is 0 Å². The number of benzene rings is 1. The van der Waals surface area contributed by atoms with Crippen LogP contribution in [0.1, 0.15) is 30.1 Å². The van der Waals surface area contributed by atoms with E-state index in [2.05, 4.69) is 19.5 Å². The van der Waals surface area contributed by atoms with Crippen LogP contribution in [-0.2, 0) is 6.54 Å². The Balaban J connectivity index is 1.51. The molecule has 1 fully saturated rings. The van der Waals surface area contributed by atoms with Gasteiger partial charge in [-0.15, -0.1) is 10.2 Å². The minimum Gasteiger partial charge on any atom is -0.298 e. The zero-order valence-corrected chi connectivity index (χ0v) is 13.8. The van der Waals surface area contributed by atoms with Gasteiger partial charge in [-0.1, -0.05) is 18.2 Å². The monoisotopic (exact) mass is 337 g/mol. The standard InChI is InChI=1S/C18H19N5O2/c24-23(25)16-7-3-5-14(11-16)12-21-9-4-6-15(13-21)18-20-19-17-8-1-2-10-22(17)18/h1-3,5,7-8,10-11,15H,4,6,9,12-13H2. The van der Waals surface area contributed by atoms with Gasteiger partial charge in [0.05, 0.1) is 4.92 Å². The molecule has 1 aliphatic heterocycles. The molecule has 0 radical (unpaired) electrons. The molecule has 0 aliphatic carbocycles. The maximum Gasteiger partial charge on any atom is 0.269 e. The van der Waals surface area contributed by atoms with Crippen LogP contribution in [0.25, 0.3) is 5.65 Å². The van der Waals surface area contributed by atoms with Gasteiger partial charge in [0.1, 0.15) is 5.82 Å². The van der Waals surface area contributed by atoms with E-state index in [1.165, 1.54) is 6.07 Å². The fraction of sp³-hybridized carbons (Fsp3) is 0.333. The summed E-state index contributed by atoms with van der Waals surface area (Å²) in [4.78, 5) is 13.0. The number of nitro groups is 1. The van der Waals surface area contributed by atoms with Crippen molar-refractivity contribution in [1.29, 1.82) is 0 Å². The predicted molar refractivity (Wildman–Crippen MR) is 93.3 cm³/mol. The molecule has 7 nitrogen and oxygen atoms in total. The number of piperidine rings is 1. The van der Waals surface area contributed by atoms with Gasteiger partial charge in [0.2, 0.25) is 0 Å². The van der Waals surface area contributed by atoms with E-state index in [1.54, 1.807) is 12.1 Å². The van der Waals surface area contributed by atoms with E-state index < -0.39 is 0 Å². The number of nitro benzene ring substituents is 1. The van der Waals surface area contributed by atoms with Gasteiger partial charge >= 0.3 is 0 Å². The van der Waals surface area contributed by atoms with Gasteiger partial charge in [-0.3, -0.25) is 19.4 Å². The molecule has 0 saturated carbocycles. The van der Waals surface area contributed by atoms with Crippen LogP contribution < -0.4 is 0 Å². The number of nitrogens with zero attached hydrogens (tertiary/aromatic N) is 5. The van der Waals surface area contributed by atoms with Crippen molar-refractivity contribution in [2.75, 3.05) is 13.1 Å². The lowest BCUT2D eigenvalue weighted by Gasteiger charge is -2.31. The van der Waals surface area contributed by atoms with Crippen LogP contribution >= 0.6 is 0 Å². The fourth-order valence-electron chi connectivity index (χ4n) is 3.57. The number of non-ortho nitro benzene ring substituents is 1. The molecule has 4 rings (SSSR count). The molecule has 1 unspecified atom stereocenters. The Bertz CT molecular complexity index is 907. The highest BCUT2D eigenvalue weighted by atomic mass is 16.6. The SMILES string of the molecule is O=[N+]([O-])c1cccc(CN2CCCC(c3nnc4ccccn34)C2)c1. The highest BCUT2D eigenvalue weighted by Crippen LogP contribution is 2.27. The summed E-state index contributed by atoms with van der Waals surface area (Å²) in [7, 11) is 0. The van der Waals surface area contributed by atoms with E-state index in [9.17, 15) is 10.1 Å². The van der Waals surface area contributed by atoms with E-state index in [-0.39, 0.29) is 10.6 Å². The minimum atomic E-state index is -0.342. The molecular formula is C18H19N5O2. The summed E-state index contributed by atoms with van der Waals surface area (Å²) in [5.41, 5.74) is 1.99. The lowest BCUT2D eigenvalue weighted by atomic mass is 9.96. The Morgan fingerprint density at radius 1 is 1.20 bits per heavy atom. The summed E-state index contributed by atoms with van der Waals surface area (Å²) in [6.45, 7) is 2.60. The van der Waals surface area contributed by atoms with Crippen molar-refractivity contribution in [3.8, 4) is 0 Å². The predicted octanol–water partition coefficient (Wildman–Crippen LogP) is 3.02. The summed E-state index contributed by atoms with van der Waals surface area (Å²) in [5, 5.41) is 19.6. The Morgan fingerprint density at radius 3 is 3.00 bits per heavy atom. The first-order valence-electron chi connectivity index (χ1n) is 8.46. The van der Waals surface area contributed by atoms with Gasteiger partial charge in [0, 0.05) is 37.3 Å². The summed E-state index contributed by atoms with van der Waals surface area (Å²) in [5.74, 6) is 1.32. The molecular weight excluding hydrogens is 318 g/mol. The van der Waals surface area contributed by atoms with Crippen molar-refractivity contribution in [1.82, 2.24) is 19.5 Å². The third-order valence-electron chi connectivity index (χ3n) is 4.74. The zero-order valence-electron chi connectivity index (χ0n) is 13.8. The summed E-state index contributed by atoms with van der Waals surface area (Å²) in [6, 6.07) is 12.8. The highest BCUT2D eigenvalue weighted by Gasteiger charge is 2.25. The Kier molecular flexibility index (Phi) is 4.15. The number of hydrogen-bond donors (Lipinski definition) is 0. The molecule has 3 heterocycles. The third-order valence-corrected chi connectivity index (χ3v) is 4.74. The number of hydrogen-bond acceptors (Lipinski definition) is 5. The molecule has 0 amide bonds. The van der Waals surface area contributed by atoms with E-state index in [4.69, 9.17) is 0 Å². The first kappa shape index (κ1) is 15.7. The molecule has 128 valence electrons. The average Bonchev–Trinajstić information content (AvgIpc) is 3.06. The molecule has 1 aliphatic rings. The smallest absolute Gasteiger partial charge is 0.269 e. The highest BCUT2D eigenvalue weighted by molar-refractivity contribution is 5.38. The molecule has 1 atom stereocenters. The van der Waals surface area contributed by atoms with E-state index in [1.807, 2.05) is 30.5 Å². The second-order valence-electron chi connectivity index (χ2n) is 6.49. The van der Waals surface area contributed by atoms with Crippen LogP contribution in [0.4, 0.5) is 5.69 Å². The number of fused-ring (bicyclic) bond motifs is 1. The molecule has 0 bridgehead atoms. The van der Waals surface area contributed by atoms with Crippen LogP contribution in [0.2, 0.25) is 0 Å². The number of rotatable bonds is 4. The Morgan fingerprint density at radius 2 is 2.12 bits per heavy atom. The Hall–Kier alpha value is -2.80. The molecule has 0 N–H and O–H groups in total. The molecule has 2 aromatic heterocycles. The van der Waals surface area contributed by atoms with E-state index in [0.717, 1.165) is 49.5 Å². The molecule has 1 aromatic carbocycles. The molecule has 3 aromatic rings. The summed E-state index contributed by atoms with van der Waals surface area (Å²) in [6.07, 6.45) is 4.17. The van der Waals surface area contributed by atoms with Gasteiger partial charge in [-0.2, -0.15) is 0 Å². The number of aromatic nitrogens is 3. The van der Waals surface area contributed by atoms with Gasteiger partial charge in [0.15, 0.2) is 5.65 Å². The lowest BCUT2D eigenvalue weighted by molar-refractivity contribution is -0.384. The second-order valence-corrected chi connectivity index (χ2v) is 6.49. The fourth-order valence-corrected chi connectivity index (χ4v) is 3.57. The minimum absolute atomic E-state index is 0.148. The van der Waals surface area contributed by atoms with Crippen molar-refractivity contribution < 1.29 is 4.92 Å². The van der Waals surface area contributed by atoms with Crippen LogP contribution in [-0.4, -0.2) is 37.5 Å². The normalized spacial score (nSPS) is 18.5. The van der Waals surface area contributed by atoms with Gasteiger partial charge in [-0.05, 0) is 37.1 Å². The zero-order chi connectivity index (χ0) is 17.2. The van der Waals surface area contributed by atoms with Crippen molar-refractivity contribution in [2.45, 2.75) is 25.3 Å². The van der Waals surface area contributed by atoms with Gasteiger partial charge < -0.3 is 0 Å². The van der Waals surface area contributed by atoms with Crippen molar-refractivity contribution in [3.63, 3.8) is 0 Å². The summed E-state index contributed by atoms with van der Waals surface area (Å²) < 4.78 is 2.06.